The average molecular weight is 460 g/mol. The zero-order valence-electron chi connectivity index (χ0n) is 19.0. The Hall–Kier alpha value is -4.52. The first kappa shape index (κ1) is 21.0. The third-order valence-electron chi connectivity index (χ3n) is 6.29. The molecule has 7 heteroatoms. The fraction of sp³-hybridized carbons (Fsp3) is 0.143. The van der Waals surface area contributed by atoms with Crippen LogP contribution in [0.15, 0.2) is 79.1 Å². The zero-order valence-corrected chi connectivity index (χ0v) is 19.0. The maximum atomic E-state index is 13.3. The molecule has 2 aromatic carbocycles. The molecule has 0 saturated heterocycles. The average Bonchev–Trinajstić information content (AvgIpc) is 3.45. The molecule has 0 amide bonds. The van der Waals surface area contributed by atoms with E-state index in [4.69, 9.17) is 0 Å². The molecule has 0 fully saturated rings. The molecule has 3 aromatic heterocycles. The molecule has 0 aliphatic carbocycles. The van der Waals surface area contributed by atoms with Gasteiger partial charge in [-0.1, -0.05) is 36.4 Å². The van der Waals surface area contributed by atoms with Gasteiger partial charge in [0.1, 0.15) is 17.3 Å². The summed E-state index contributed by atoms with van der Waals surface area (Å²) in [4.78, 5) is 36.2. The van der Waals surface area contributed by atoms with Crippen LogP contribution in [0.2, 0.25) is 0 Å². The Morgan fingerprint density at radius 2 is 1.69 bits per heavy atom. The van der Waals surface area contributed by atoms with E-state index in [0.29, 0.717) is 23.3 Å². The quantitative estimate of drug-likeness (QED) is 0.257. The summed E-state index contributed by atoms with van der Waals surface area (Å²) in [6.45, 7) is 1.89. The summed E-state index contributed by atoms with van der Waals surface area (Å²) in [5.41, 5.74) is 7.18. The van der Waals surface area contributed by atoms with Gasteiger partial charge < -0.3 is 0 Å². The molecule has 2 bridgehead atoms. The highest BCUT2D eigenvalue weighted by Gasteiger charge is 2.31. The van der Waals surface area contributed by atoms with Crippen molar-refractivity contribution in [3.05, 3.63) is 118 Å². The maximum Gasteiger partial charge on any atom is 0.202 e. The van der Waals surface area contributed by atoms with Gasteiger partial charge in [-0.3, -0.25) is 14.6 Å². The molecule has 1 atom stereocenters. The third kappa shape index (κ3) is 3.91. The molecular weight excluding hydrogens is 438 g/mol. The van der Waals surface area contributed by atoms with Crippen molar-refractivity contribution in [3.8, 4) is 0 Å². The van der Waals surface area contributed by atoms with Crippen LogP contribution in [-0.2, 0) is 6.42 Å². The monoisotopic (exact) mass is 459 g/mol. The maximum absolute atomic E-state index is 13.3. The first-order valence-corrected chi connectivity index (χ1v) is 11.4. The fourth-order valence-corrected chi connectivity index (χ4v) is 4.63. The first-order chi connectivity index (χ1) is 17.0. The van der Waals surface area contributed by atoms with Gasteiger partial charge in [-0.25, -0.2) is 4.98 Å². The molecule has 35 heavy (non-hydrogen) atoms. The number of ketones is 2. The van der Waals surface area contributed by atoms with Crippen molar-refractivity contribution in [2.75, 3.05) is 0 Å². The molecule has 170 valence electrons. The van der Waals surface area contributed by atoms with Crippen molar-refractivity contribution in [3.63, 3.8) is 0 Å². The van der Waals surface area contributed by atoms with E-state index in [0.717, 1.165) is 33.3 Å². The molecule has 0 saturated carbocycles. The number of fused-ring (bicyclic) bond motifs is 1. The summed E-state index contributed by atoms with van der Waals surface area (Å²) in [6.07, 6.45) is 3.75. The predicted molar refractivity (Wildman–Crippen MR) is 131 cm³/mol. The zero-order chi connectivity index (χ0) is 23.9. The summed E-state index contributed by atoms with van der Waals surface area (Å²) in [5, 5.41) is 9.02. The summed E-state index contributed by atoms with van der Waals surface area (Å²) in [6, 6.07) is 21.2. The molecule has 7 nitrogen and oxygen atoms in total. The topological polar surface area (TPSA) is 90.6 Å². The summed E-state index contributed by atoms with van der Waals surface area (Å²) in [7, 11) is 0. The minimum absolute atomic E-state index is 0.225. The largest absolute Gasteiger partial charge is 0.294 e. The lowest BCUT2D eigenvalue weighted by Crippen LogP contribution is -2.16. The Balaban J connectivity index is 1.37. The van der Waals surface area contributed by atoms with Crippen LogP contribution in [0.1, 0.15) is 61.1 Å². The van der Waals surface area contributed by atoms with Crippen LogP contribution in [0, 0.1) is 6.92 Å². The van der Waals surface area contributed by atoms with E-state index in [1.54, 1.807) is 23.3 Å². The van der Waals surface area contributed by atoms with Crippen LogP contribution in [0.25, 0.3) is 11.2 Å². The molecule has 1 aliphatic heterocycles. The second-order valence-corrected chi connectivity index (χ2v) is 8.86. The van der Waals surface area contributed by atoms with Gasteiger partial charge in [-0.05, 0) is 65.9 Å². The normalized spacial score (nSPS) is 14.0. The van der Waals surface area contributed by atoms with Crippen molar-refractivity contribution < 1.29 is 9.59 Å². The van der Waals surface area contributed by atoms with Crippen LogP contribution in [-0.4, -0.2) is 36.5 Å². The van der Waals surface area contributed by atoms with Crippen molar-refractivity contribution in [1.82, 2.24) is 25.0 Å². The van der Waals surface area contributed by atoms with Crippen LogP contribution in [0.4, 0.5) is 0 Å². The smallest absolute Gasteiger partial charge is 0.202 e. The summed E-state index contributed by atoms with van der Waals surface area (Å²) in [5.74, 6) is -0.524. The SMILES string of the molecule is Cc1ccnc(C(=O)CC(=O)c2cc(Cc3ccccc3)cc(C3c4ccnc5nn3nc45)c2)c1. The standard InChI is InChI=1S/C28H21N5O2/c1-17-7-9-29-23(11-17)25(35)16-24(34)20-13-19(12-18-5-3-2-4-6-18)14-21(15-20)27-22-8-10-30-28-26(22)31-33(27)32-28/h2-11,13-15,27H,12,16H2,1H3. The van der Waals surface area contributed by atoms with Gasteiger partial charge in [0.05, 0.1) is 6.42 Å². The van der Waals surface area contributed by atoms with Crippen molar-refractivity contribution in [1.29, 1.82) is 0 Å². The number of nitrogens with zero attached hydrogens (tertiary/aromatic N) is 5. The lowest BCUT2D eigenvalue weighted by atomic mass is 9.91. The van der Waals surface area contributed by atoms with E-state index in [9.17, 15) is 9.59 Å². The van der Waals surface area contributed by atoms with Crippen molar-refractivity contribution in [2.45, 2.75) is 25.8 Å². The van der Waals surface area contributed by atoms with Crippen LogP contribution >= 0.6 is 0 Å². The number of carbonyl (C=O) groups excluding carboxylic acids is 2. The molecule has 0 radical (unpaired) electrons. The van der Waals surface area contributed by atoms with Crippen LogP contribution < -0.4 is 0 Å². The van der Waals surface area contributed by atoms with Crippen molar-refractivity contribution >= 4 is 22.7 Å². The minimum Gasteiger partial charge on any atom is -0.294 e. The van der Waals surface area contributed by atoms with E-state index < -0.39 is 0 Å². The van der Waals surface area contributed by atoms with Gasteiger partial charge in [-0.2, -0.15) is 9.90 Å². The molecule has 1 aliphatic rings. The number of carbonyl (C=O) groups is 2. The molecule has 1 unspecified atom stereocenters. The lowest BCUT2D eigenvalue weighted by molar-refractivity contribution is 0.0891. The van der Waals surface area contributed by atoms with Gasteiger partial charge in [0.25, 0.3) is 0 Å². The number of pyridine rings is 2. The second-order valence-electron chi connectivity index (χ2n) is 8.86. The molecule has 6 rings (SSSR count). The Bertz CT molecular complexity index is 1600. The van der Waals surface area contributed by atoms with Gasteiger partial charge >= 0.3 is 0 Å². The number of rotatable bonds is 7. The number of hydrogen-bond donors (Lipinski definition) is 0. The molecule has 5 aromatic rings. The first-order valence-electron chi connectivity index (χ1n) is 11.4. The minimum atomic E-state index is -0.289. The van der Waals surface area contributed by atoms with E-state index in [-0.39, 0.29) is 24.0 Å². The number of Topliss-reactive ketones (excluding diaryl/α,β-unsaturated/α-hetero) is 2. The second kappa shape index (κ2) is 8.36. The van der Waals surface area contributed by atoms with E-state index in [1.807, 2.05) is 49.4 Å². The van der Waals surface area contributed by atoms with Gasteiger partial charge in [0, 0.05) is 23.5 Å². The highest BCUT2D eigenvalue weighted by atomic mass is 16.1. The van der Waals surface area contributed by atoms with Gasteiger partial charge in [-0.15, -0.1) is 5.10 Å². The lowest BCUT2D eigenvalue weighted by Gasteiger charge is -2.18. The number of hydrogen-bond acceptors (Lipinski definition) is 6. The van der Waals surface area contributed by atoms with Crippen LogP contribution in [0.5, 0.6) is 0 Å². The molecule has 4 heterocycles. The number of aromatic nitrogens is 5. The fourth-order valence-electron chi connectivity index (χ4n) is 4.63. The Labute approximate surface area is 201 Å². The van der Waals surface area contributed by atoms with Gasteiger partial charge in [0.2, 0.25) is 5.65 Å². The highest BCUT2D eigenvalue weighted by Crippen LogP contribution is 2.36. The van der Waals surface area contributed by atoms with E-state index >= 15 is 0 Å². The highest BCUT2D eigenvalue weighted by molar-refractivity contribution is 6.13. The third-order valence-corrected chi connectivity index (χ3v) is 6.29. The Kier molecular flexibility index (Phi) is 5.03. The van der Waals surface area contributed by atoms with Gasteiger partial charge in [0.15, 0.2) is 11.6 Å². The molecular formula is C28H21N5O2. The van der Waals surface area contributed by atoms with E-state index in [1.165, 1.54) is 0 Å². The van der Waals surface area contributed by atoms with Crippen LogP contribution in [0.3, 0.4) is 0 Å². The Morgan fingerprint density at radius 3 is 2.51 bits per heavy atom. The Morgan fingerprint density at radius 1 is 0.857 bits per heavy atom. The number of aryl methyl sites for hydroxylation is 1. The van der Waals surface area contributed by atoms with E-state index in [2.05, 4.69) is 38.4 Å². The summed E-state index contributed by atoms with van der Waals surface area (Å²) >= 11 is 0. The number of benzene rings is 2. The molecule has 0 spiro atoms. The van der Waals surface area contributed by atoms with Crippen molar-refractivity contribution in [2.24, 2.45) is 0 Å². The molecule has 0 N–H and O–H groups in total. The predicted octanol–water partition coefficient (Wildman–Crippen LogP) is 4.53. The summed E-state index contributed by atoms with van der Waals surface area (Å²) < 4.78 is 0.